The second kappa shape index (κ2) is 12.1. The Labute approximate surface area is 202 Å². The van der Waals surface area contributed by atoms with Crippen LogP contribution in [-0.4, -0.2) is 55.9 Å². The van der Waals surface area contributed by atoms with Crippen molar-refractivity contribution < 1.29 is 29.0 Å². The number of carbonyl (C=O) groups is 4. The van der Waals surface area contributed by atoms with E-state index < -0.39 is 11.9 Å². The van der Waals surface area contributed by atoms with Gasteiger partial charge in [-0.25, -0.2) is 29.5 Å². The summed E-state index contributed by atoms with van der Waals surface area (Å²) >= 11 is 3.16. The van der Waals surface area contributed by atoms with Crippen LogP contribution in [0.1, 0.15) is 34.6 Å². The van der Waals surface area contributed by atoms with Crippen molar-refractivity contribution in [3.8, 4) is 11.4 Å². The van der Waals surface area contributed by atoms with Crippen molar-refractivity contribution in [3.63, 3.8) is 0 Å². The molecular formula is C21H19BrN6O6. The van der Waals surface area contributed by atoms with Gasteiger partial charge in [-0.05, 0) is 34.1 Å². The first-order chi connectivity index (χ1) is 16.1. The number of pyridine rings is 2. The minimum atomic E-state index is -1.14. The van der Waals surface area contributed by atoms with Gasteiger partial charge in [0.2, 0.25) is 11.8 Å². The molecular weight excluding hydrogens is 512 g/mol. The first-order valence-electron chi connectivity index (χ1n) is 9.42. The van der Waals surface area contributed by atoms with Crippen molar-refractivity contribution in [2.45, 2.75) is 13.8 Å². The summed E-state index contributed by atoms with van der Waals surface area (Å²) in [5, 5.41) is 14.1. The Morgan fingerprint density at radius 1 is 0.882 bits per heavy atom. The molecule has 3 heterocycles. The molecule has 0 saturated heterocycles. The van der Waals surface area contributed by atoms with E-state index in [1.54, 1.807) is 6.07 Å². The summed E-state index contributed by atoms with van der Waals surface area (Å²) in [5.74, 6) is -1.46. The van der Waals surface area contributed by atoms with Crippen LogP contribution in [0.15, 0.2) is 47.5 Å². The zero-order valence-electron chi connectivity index (χ0n) is 18.2. The van der Waals surface area contributed by atoms with Crippen molar-refractivity contribution in [2.75, 3.05) is 17.7 Å². The molecule has 0 aliphatic heterocycles. The normalized spacial score (nSPS) is 9.76. The number of hydrogen-bond donors (Lipinski definition) is 3. The lowest BCUT2D eigenvalue weighted by Crippen LogP contribution is -2.10. The van der Waals surface area contributed by atoms with Gasteiger partial charge in [-0.15, -0.1) is 0 Å². The summed E-state index contributed by atoms with van der Waals surface area (Å²) < 4.78 is 5.08. The van der Waals surface area contributed by atoms with Crippen molar-refractivity contribution in [1.82, 2.24) is 19.9 Å². The number of nitrogens with zero attached hydrogens (tertiary/aromatic N) is 4. The fourth-order valence-electron chi connectivity index (χ4n) is 2.45. The molecule has 0 aliphatic carbocycles. The minimum Gasteiger partial charge on any atom is -0.478 e. The number of aromatic carboxylic acids is 1. The van der Waals surface area contributed by atoms with Gasteiger partial charge in [0.25, 0.3) is 0 Å². The Morgan fingerprint density at radius 2 is 1.41 bits per heavy atom. The Kier molecular flexibility index (Phi) is 9.26. The predicted molar refractivity (Wildman–Crippen MR) is 124 cm³/mol. The summed E-state index contributed by atoms with van der Waals surface area (Å²) in [4.78, 5) is 60.0. The highest BCUT2D eigenvalue weighted by Gasteiger charge is 2.16. The van der Waals surface area contributed by atoms with Gasteiger partial charge < -0.3 is 20.5 Å². The maximum atomic E-state index is 11.3. The van der Waals surface area contributed by atoms with E-state index >= 15 is 0 Å². The zero-order chi connectivity index (χ0) is 25.3. The Morgan fingerprint density at radius 3 is 1.91 bits per heavy atom. The summed E-state index contributed by atoms with van der Waals surface area (Å²) in [5.41, 5.74) is 0.586. The summed E-state index contributed by atoms with van der Waals surface area (Å²) in [7, 11) is 1.28. The van der Waals surface area contributed by atoms with Gasteiger partial charge in [0.05, 0.1) is 28.3 Å². The molecule has 0 fully saturated rings. The topological polar surface area (TPSA) is 173 Å². The molecule has 0 spiro atoms. The number of nitrogens with one attached hydrogen (secondary N) is 2. The summed E-state index contributed by atoms with van der Waals surface area (Å²) in [6.45, 7) is 2.68. The van der Waals surface area contributed by atoms with E-state index in [4.69, 9.17) is 0 Å². The Hall–Kier alpha value is -4.26. The SMILES string of the molecule is CC(=O)Nc1cc(C(=O)O)c(-c2ncccn2)cn1.COC(=O)c1cc(NC(C)=O)ncc1Br. The number of aromatic nitrogens is 4. The van der Waals surface area contributed by atoms with Gasteiger partial charge in [-0.1, -0.05) is 0 Å². The third kappa shape index (κ3) is 7.41. The maximum Gasteiger partial charge on any atom is 0.339 e. The molecule has 0 bridgehead atoms. The number of anilines is 2. The summed E-state index contributed by atoms with van der Waals surface area (Å²) in [6, 6.07) is 4.34. The van der Waals surface area contributed by atoms with Crippen LogP contribution in [0.3, 0.4) is 0 Å². The molecule has 0 unspecified atom stereocenters. The summed E-state index contributed by atoms with van der Waals surface area (Å²) in [6.07, 6.45) is 5.77. The van der Waals surface area contributed by atoms with E-state index in [2.05, 4.69) is 51.2 Å². The quantitative estimate of drug-likeness (QED) is 0.416. The smallest absolute Gasteiger partial charge is 0.339 e. The zero-order valence-corrected chi connectivity index (χ0v) is 19.8. The largest absolute Gasteiger partial charge is 0.478 e. The van der Waals surface area contributed by atoms with Crippen LogP contribution in [0.5, 0.6) is 0 Å². The molecule has 3 rings (SSSR count). The Balaban J connectivity index is 0.000000248. The number of rotatable bonds is 5. The number of esters is 1. The molecule has 0 atom stereocenters. The van der Waals surface area contributed by atoms with Crippen LogP contribution < -0.4 is 10.6 Å². The molecule has 0 aliphatic rings. The van der Waals surface area contributed by atoms with Gasteiger partial charge in [0.1, 0.15) is 11.6 Å². The number of ether oxygens (including phenoxy) is 1. The molecule has 0 aromatic carbocycles. The van der Waals surface area contributed by atoms with Crippen LogP contribution in [-0.2, 0) is 14.3 Å². The van der Waals surface area contributed by atoms with Gasteiger partial charge >= 0.3 is 11.9 Å². The molecule has 0 saturated carbocycles. The van der Waals surface area contributed by atoms with Gasteiger partial charge in [-0.3, -0.25) is 9.59 Å². The van der Waals surface area contributed by atoms with Crippen molar-refractivity contribution in [1.29, 1.82) is 0 Å². The molecule has 13 heteroatoms. The van der Waals surface area contributed by atoms with E-state index in [9.17, 15) is 24.3 Å². The minimum absolute atomic E-state index is 0.0232. The average molecular weight is 531 g/mol. The van der Waals surface area contributed by atoms with Crippen LogP contribution >= 0.6 is 15.9 Å². The van der Waals surface area contributed by atoms with Crippen molar-refractivity contribution >= 4 is 51.3 Å². The van der Waals surface area contributed by atoms with Crippen LogP contribution in [0.4, 0.5) is 11.6 Å². The highest BCUT2D eigenvalue weighted by molar-refractivity contribution is 9.10. The lowest BCUT2D eigenvalue weighted by molar-refractivity contribution is -0.115. The average Bonchev–Trinajstić information content (AvgIpc) is 2.80. The van der Waals surface area contributed by atoms with Crippen LogP contribution in [0.25, 0.3) is 11.4 Å². The lowest BCUT2D eigenvalue weighted by atomic mass is 10.1. The highest BCUT2D eigenvalue weighted by atomic mass is 79.9. The first kappa shape index (κ1) is 26.0. The molecule has 12 nitrogen and oxygen atoms in total. The van der Waals surface area contributed by atoms with E-state index in [0.717, 1.165) is 0 Å². The molecule has 176 valence electrons. The lowest BCUT2D eigenvalue weighted by Gasteiger charge is -2.07. The fourth-order valence-corrected chi connectivity index (χ4v) is 2.83. The predicted octanol–water partition coefficient (Wildman–Crippen LogP) is 2.78. The van der Waals surface area contributed by atoms with Crippen molar-refractivity contribution in [2.24, 2.45) is 0 Å². The number of amides is 2. The number of carbonyl (C=O) groups excluding carboxylic acids is 3. The number of carboxylic acids is 1. The van der Waals surface area contributed by atoms with E-state index in [1.807, 2.05) is 0 Å². The number of hydrogen-bond acceptors (Lipinski definition) is 9. The maximum absolute atomic E-state index is 11.3. The highest BCUT2D eigenvalue weighted by Crippen LogP contribution is 2.22. The second-order valence-electron chi connectivity index (χ2n) is 6.40. The molecule has 0 radical (unpaired) electrons. The van der Waals surface area contributed by atoms with Crippen molar-refractivity contribution in [3.05, 3.63) is 58.6 Å². The Bertz CT molecular complexity index is 1220. The number of halogens is 1. The molecule has 3 N–H and O–H groups in total. The molecule has 34 heavy (non-hydrogen) atoms. The monoisotopic (exact) mass is 530 g/mol. The van der Waals surface area contributed by atoms with Gasteiger partial charge in [0, 0.05) is 38.6 Å². The standard InChI is InChI=1S/C12H10N4O3.C9H9BrN2O3/c1-7(17)16-10-5-8(12(18)19)9(6-15-10)11-13-3-2-4-14-11;1-5(13)12-8-3-6(9(14)15-2)7(10)4-11-8/h2-6H,1H3,(H,18,19)(H,15,16,17);3-4H,1-2H3,(H,11,12,13). The number of methoxy groups -OCH3 is 1. The molecule has 2 amide bonds. The van der Waals surface area contributed by atoms with Crippen LogP contribution in [0.2, 0.25) is 0 Å². The van der Waals surface area contributed by atoms with E-state index in [-0.39, 0.29) is 29.0 Å². The third-order valence-corrected chi connectivity index (χ3v) is 4.44. The van der Waals surface area contributed by atoms with E-state index in [0.29, 0.717) is 21.4 Å². The van der Waals surface area contributed by atoms with Gasteiger partial charge in [0.15, 0.2) is 5.82 Å². The first-order valence-corrected chi connectivity index (χ1v) is 10.2. The third-order valence-electron chi connectivity index (χ3n) is 3.81. The number of carboxylic acid groups (broad SMARTS) is 1. The van der Waals surface area contributed by atoms with Gasteiger partial charge in [-0.2, -0.15) is 0 Å². The molecule has 3 aromatic heterocycles. The fraction of sp³-hybridized carbons (Fsp3) is 0.143. The second-order valence-corrected chi connectivity index (χ2v) is 7.25. The van der Waals surface area contributed by atoms with Crippen LogP contribution in [0, 0.1) is 0 Å². The molecule has 3 aromatic rings. The van der Waals surface area contributed by atoms with E-state index in [1.165, 1.54) is 57.9 Å².